The lowest BCUT2D eigenvalue weighted by atomic mass is 9.92. The Morgan fingerprint density at radius 3 is 2.11 bits per heavy atom. The molecular weight excluding hydrogens is 112 g/mol. The van der Waals surface area contributed by atoms with Gasteiger partial charge in [-0.25, -0.2) is 9.98 Å². The molecule has 1 aliphatic carbocycles. The van der Waals surface area contributed by atoms with Crippen molar-refractivity contribution in [1.82, 2.24) is 0 Å². The van der Waals surface area contributed by atoms with Gasteiger partial charge in [-0.1, -0.05) is 12.8 Å². The van der Waals surface area contributed by atoms with E-state index in [0.29, 0.717) is 12.1 Å². The number of fused-ring (bicyclic) bond motifs is 1. The van der Waals surface area contributed by atoms with Crippen LogP contribution in [-0.2, 0) is 0 Å². The average molecular weight is 122 g/mol. The molecule has 1 heterocycles. The quantitative estimate of drug-likeness (QED) is 0.465. The lowest BCUT2D eigenvalue weighted by Gasteiger charge is -2.19. The highest BCUT2D eigenvalue weighted by atomic mass is 15.0. The van der Waals surface area contributed by atoms with E-state index in [1.165, 1.54) is 25.7 Å². The minimum absolute atomic E-state index is 0.513. The Morgan fingerprint density at radius 1 is 1.00 bits per heavy atom. The van der Waals surface area contributed by atoms with Gasteiger partial charge in [0, 0.05) is 0 Å². The van der Waals surface area contributed by atoms with Gasteiger partial charge >= 0.3 is 0 Å². The standard InChI is InChI=1S/C7H10N2/c1-2-4-7-6(3-1)8-5-9-7/h6-7H,1-4H2. The molecule has 2 nitrogen and oxygen atoms in total. The normalized spacial score (nSPS) is 39.1. The monoisotopic (exact) mass is 122 g/mol. The largest absolute Gasteiger partial charge is 0.220 e. The second kappa shape index (κ2) is 1.96. The molecule has 2 atom stereocenters. The van der Waals surface area contributed by atoms with Crippen LogP contribution in [0, 0.1) is 0 Å². The van der Waals surface area contributed by atoms with E-state index in [4.69, 9.17) is 0 Å². The molecule has 0 radical (unpaired) electrons. The SMILES string of the molecule is C1=NC2CCCCC2N=1. The summed E-state index contributed by atoms with van der Waals surface area (Å²) in [7, 11) is 0. The minimum atomic E-state index is 0.513. The van der Waals surface area contributed by atoms with Crippen LogP contribution in [-0.4, -0.2) is 18.1 Å². The van der Waals surface area contributed by atoms with Crippen molar-refractivity contribution in [2.75, 3.05) is 0 Å². The number of hydrogen-bond donors (Lipinski definition) is 0. The molecule has 2 heteroatoms. The molecule has 0 spiro atoms. The van der Waals surface area contributed by atoms with Gasteiger partial charge in [-0.15, -0.1) is 0 Å². The molecule has 0 aromatic heterocycles. The maximum absolute atomic E-state index is 4.14. The van der Waals surface area contributed by atoms with Gasteiger partial charge in [-0.2, -0.15) is 0 Å². The first kappa shape index (κ1) is 5.19. The maximum Gasteiger partial charge on any atom is 0.0899 e. The zero-order valence-corrected chi connectivity index (χ0v) is 5.38. The van der Waals surface area contributed by atoms with Crippen molar-refractivity contribution in [2.45, 2.75) is 37.8 Å². The lowest BCUT2D eigenvalue weighted by molar-refractivity contribution is 0.402. The number of aliphatic imine (C=N–C) groups is 2. The van der Waals surface area contributed by atoms with Crippen LogP contribution >= 0.6 is 0 Å². The Balaban J connectivity index is 2.09. The molecule has 0 aromatic rings. The first-order chi connectivity index (χ1) is 4.47. The highest BCUT2D eigenvalue weighted by Gasteiger charge is 2.25. The van der Waals surface area contributed by atoms with E-state index in [-0.39, 0.29) is 0 Å². The van der Waals surface area contributed by atoms with Crippen LogP contribution in [0.3, 0.4) is 0 Å². The molecule has 2 aliphatic rings. The Morgan fingerprint density at radius 2 is 1.56 bits per heavy atom. The van der Waals surface area contributed by atoms with Crippen LogP contribution in [0.15, 0.2) is 9.98 Å². The summed E-state index contributed by atoms with van der Waals surface area (Å²) in [6.07, 6.45) is 5.14. The molecule has 48 valence electrons. The number of rotatable bonds is 0. The van der Waals surface area contributed by atoms with Crippen LogP contribution in [0.5, 0.6) is 0 Å². The Hall–Kier alpha value is -0.620. The van der Waals surface area contributed by atoms with Crippen LogP contribution in [0.25, 0.3) is 0 Å². The van der Waals surface area contributed by atoms with Gasteiger partial charge in [0.05, 0.1) is 18.1 Å². The van der Waals surface area contributed by atoms with Crippen LogP contribution in [0.1, 0.15) is 25.7 Å². The summed E-state index contributed by atoms with van der Waals surface area (Å²) in [5.41, 5.74) is 0. The summed E-state index contributed by atoms with van der Waals surface area (Å²) in [6.45, 7) is 0. The smallest absolute Gasteiger partial charge is 0.0899 e. The average Bonchev–Trinajstić information content (AvgIpc) is 2.33. The lowest BCUT2D eigenvalue weighted by Crippen LogP contribution is -2.23. The molecule has 1 saturated carbocycles. The van der Waals surface area contributed by atoms with Crippen molar-refractivity contribution in [3.63, 3.8) is 0 Å². The minimum Gasteiger partial charge on any atom is -0.220 e. The second-order valence-electron chi connectivity index (χ2n) is 2.78. The van der Waals surface area contributed by atoms with E-state index in [1.54, 1.807) is 0 Å². The van der Waals surface area contributed by atoms with E-state index in [1.807, 2.05) is 0 Å². The summed E-state index contributed by atoms with van der Waals surface area (Å²) in [6, 6.07) is 3.74. The van der Waals surface area contributed by atoms with Crippen molar-refractivity contribution in [2.24, 2.45) is 9.98 Å². The van der Waals surface area contributed by atoms with Crippen molar-refractivity contribution in [3.05, 3.63) is 0 Å². The summed E-state index contributed by atoms with van der Waals surface area (Å²) in [5, 5.41) is 0. The molecule has 2 rings (SSSR count). The van der Waals surface area contributed by atoms with Crippen molar-refractivity contribution >= 4 is 6.01 Å². The molecule has 0 N–H and O–H groups in total. The first-order valence-corrected chi connectivity index (χ1v) is 3.61. The topological polar surface area (TPSA) is 24.7 Å². The molecule has 9 heavy (non-hydrogen) atoms. The molecule has 1 fully saturated rings. The first-order valence-electron chi connectivity index (χ1n) is 3.61. The Bertz CT molecular complexity index is 152. The maximum atomic E-state index is 4.14. The highest BCUT2D eigenvalue weighted by Crippen LogP contribution is 2.25. The summed E-state index contributed by atoms with van der Waals surface area (Å²) >= 11 is 0. The molecule has 0 saturated heterocycles. The molecule has 1 aliphatic heterocycles. The third-order valence-electron chi connectivity index (χ3n) is 2.14. The third-order valence-corrected chi connectivity index (χ3v) is 2.14. The highest BCUT2D eigenvalue weighted by molar-refractivity contribution is 5.45. The van der Waals surface area contributed by atoms with Gasteiger partial charge in [-0.3, -0.25) is 0 Å². The fourth-order valence-electron chi connectivity index (χ4n) is 1.57. The van der Waals surface area contributed by atoms with Crippen molar-refractivity contribution < 1.29 is 0 Å². The van der Waals surface area contributed by atoms with Gasteiger partial charge in [0.1, 0.15) is 0 Å². The van der Waals surface area contributed by atoms with E-state index in [9.17, 15) is 0 Å². The molecule has 2 unspecified atom stereocenters. The van der Waals surface area contributed by atoms with Gasteiger partial charge in [0.15, 0.2) is 0 Å². The van der Waals surface area contributed by atoms with Crippen molar-refractivity contribution in [1.29, 1.82) is 0 Å². The second-order valence-corrected chi connectivity index (χ2v) is 2.78. The van der Waals surface area contributed by atoms with Gasteiger partial charge in [-0.05, 0) is 12.8 Å². The van der Waals surface area contributed by atoms with E-state index >= 15 is 0 Å². The summed E-state index contributed by atoms with van der Waals surface area (Å²) < 4.78 is 0. The van der Waals surface area contributed by atoms with E-state index < -0.39 is 0 Å². The molecular formula is C7H10N2. The van der Waals surface area contributed by atoms with Crippen LogP contribution in [0.4, 0.5) is 0 Å². The molecule has 0 bridgehead atoms. The Kier molecular flexibility index (Phi) is 1.13. The zero-order chi connectivity index (χ0) is 6.10. The number of nitrogens with zero attached hydrogens (tertiary/aromatic N) is 2. The van der Waals surface area contributed by atoms with Crippen molar-refractivity contribution in [3.8, 4) is 0 Å². The third kappa shape index (κ3) is 0.796. The van der Waals surface area contributed by atoms with E-state index in [2.05, 4.69) is 16.0 Å². The van der Waals surface area contributed by atoms with Gasteiger partial charge in [0.25, 0.3) is 0 Å². The van der Waals surface area contributed by atoms with E-state index in [0.717, 1.165) is 0 Å². The molecule has 0 amide bonds. The Labute approximate surface area is 54.7 Å². The summed E-state index contributed by atoms with van der Waals surface area (Å²) in [4.78, 5) is 8.28. The van der Waals surface area contributed by atoms with Gasteiger partial charge in [0.2, 0.25) is 0 Å². The summed E-state index contributed by atoms with van der Waals surface area (Å²) in [5.74, 6) is 0. The number of hydrogen-bond acceptors (Lipinski definition) is 2. The van der Waals surface area contributed by atoms with Crippen LogP contribution < -0.4 is 0 Å². The van der Waals surface area contributed by atoms with Crippen LogP contribution in [0.2, 0.25) is 0 Å². The zero-order valence-electron chi connectivity index (χ0n) is 5.38. The predicted octanol–water partition coefficient (Wildman–Crippen LogP) is 1.49. The fourth-order valence-corrected chi connectivity index (χ4v) is 1.57. The fraction of sp³-hybridized carbons (Fsp3) is 0.857. The van der Waals surface area contributed by atoms with Gasteiger partial charge < -0.3 is 0 Å². The predicted molar refractivity (Wildman–Crippen MR) is 35.9 cm³/mol. The molecule has 0 aromatic carbocycles.